The molecule has 0 saturated carbocycles. The number of aromatic nitrogens is 2. The summed E-state index contributed by atoms with van der Waals surface area (Å²) in [4.78, 5) is 21.6. The standard InChI is InChI=1S/C21H18N4O2S/c1-27-17-5-7-18(8-6-17)28-21-10-12-23-19(25-21)14-15-3-2-4-16(13-15)24-20(26)9-11-22/h2-8,10,12-13H,9,14H2,1H3,(H,24,26). The first kappa shape index (κ1) is 19.4. The molecular formula is C21H18N4O2S. The molecule has 0 saturated heterocycles. The van der Waals surface area contributed by atoms with Crippen molar-refractivity contribution in [1.82, 2.24) is 9.97 Å². The van der Waals surface area contributed by atoms with Crippen molar-refractivity contribution in [3.05, 3.63) is 72.2 Å². The maximum atomic E-state index is 11.6. The van der Waals surface area contributed by atoms with Gasteiger partial charge in [-0.1, -0.05) is 23.9 Å². The molecule has 0 aliphatic carbocycles. The lowest BCUT2D eigenvalue weighted by Gasteiger charge is -2.07. The van der Waals surface area contributed by atoms with Crippen LogP contribution < -0.4 is 10.1 Å². The molecule has 0 radical (unpaired) electrons. The zero-order valence-electron chi connectivity index (χ0n) is 15.3. The normalized spacial score (nSPS) is 10.1. The van der Waals surface area contributed by atoms with Crippen LogP contribution in [-0.4, -0.2) is 23.0 Å². The number of hydrogen-bond acceptors (Lipinski definition) is 6. The summed E-state index contributed by atoms with van der Waals surface area (Å²) in [6.07, 6.45) is 2.11. The lowest BCUT2D eigenvalue weighted by molar-refractivity contribution is -0.115. The van der Waals surface area contributed by atoms with E-state index >= 15 is 0 Å². The quantitative estimate of drug-likeness (QED) is 0.612. The van der Waals surface area contributed by atoms with E-state index in [4.69, 9.17) is 10.00 Å². The summed E-state index contributed by atoms with van der Waals surface area (Å²) in [5, 5.41) is 12.1. The Balaban J connectivity index is 1.68. The second-order valence-electron chi connectivity index (χ2n) is 5.85. The van der Waals surface area contributed by atoms with Crippen LogP contribution in [0.25, 0.3) is 0 Å². The first-order chi connectivity index (χ1) is 13.7. The minimum atomic E-state index is -0.325. The van der Waals surface area contributed by atoms with Crippen LogP contribution in [-0.2, 0) is 11.2 Å². The van der Waals surface area contributed by atoms with E-state index in [0.717, 1.165) is 21.2 Å². The van der Waals surface area contributed by atoms with E-state index in [9.17, 15) is 4.79 Å². The Labute approximate surface area is 167 Å². The summed E-state index contributed by atoms with van der Waals surface area (Å²) in [5.41, 5.74) is 1.63. The molecule has 0 bridgehead atoms. The fraction of sp³-hybridized carbons (Fsp3) is 0.143. The van der Waals surface area contributed by atoms with Crippen LogP contribution in [0.1, 0.15) is 17.8 Å². The van der Waals surface area contributed by atoms with Crippen molar-refractivity contribution in [3.63, 3.8) is 0 Å². The van der Waals surface area contributed by atoms with Gasteiger partial charge in [0.25, 0.3) is 0 Å². The van der Waals surface area contributed by atoms with Crippen LogP contribution in [0.2, 0.25) is 0 Å². The van der Waals surface area contributed by atoms with Gasteiger partial charge in [-0.2, -0.15) is 5.26 Å². The zero-order chi connectivity index (χ0) is 19.8. The average Bonchev–Trinajstić information content (AvgIpc) is 2.69. The second kappa shape index (κ2) is 9.53. The molecule has 1 aromatic heterocycles. The van der Waals surface area contributed by atoms with Gasteiger partial charge in [0, 0.05) is 23.2 Å². The highest BCUT2D eigenvalue weighted by molar-refractivity contribution is 7.99. The van der Waals surface area contributed by atoms with Gasteiger partial charge in [0.2, 0.25) is 5.91 Å². The fourth-order valence-corrected chi connectivity index (χ4v) is 3.30. The van der Waals surface area contributed by atoms with Crippen molar-refractivity contribution in [2.24, 2.45) is 0 Å². The molecule has 0 atom stereocenters. The number of nitriles is 1. The molecule has 1 N–H and O–H groups in total. The molecule has 140 valence electrons. The van der Waals surface area contributed by atoms with Crippen molar-refractivity contribution in [2.45, 2.75) is 22.8 Å². The van der Waals surface area contributed by atoms with Gasteiger partial charge in [-0.05, 0) is 48.0 Å². The highest BCUT2D eigenvalue weighted by Gasteiger charge is 2.06. The molecule has 28 heavy (non-hydrogen) atoms. The van der Waals surface area contributed by atoms with Crippen molar-refractivity contribution in [1.29, 1.82) is 5.26 Å². The Hall–Kier alpha value is -3.37. The summed E-state index contributed by atoms with van der Waals surface area (Å²) < 4.78 is 5.18. The molecule has 7 heteroatoms. The van der Waals surface area contributed by atoms with Gasteiger partial charge in [0.05, 0.1) is 13.2 Å². The van der Waals surface area contributed by atoms with Crippen LogP contribution in [0, 0.1) is 11.3 Å². The minimum absolute atomic E-state index is 0.169. The first-order valence-electron chi connectivity index (χ1n) is 8.56. The number of amides is 1. The van der Waals surface area contributed by atoms with E-state index in [-0.39, 0.29) is 12.3 Å². The van der Waals surface area contributed by atoms with E-state index in [0.29, 0.717) is 17.9 Å². The summed E-state index contributed by atoms with van der Waals surface area (Å²) in [7, 11) is 1.64. The third kappa shape index (κ3) is 5.56. The highest BCUT2D eigenvalue weighted by atomic mass is 32.2. The van der Waals surface area contributed by atoms with E-state index in [1.165, 1.54) is 0 Å². The number of methoxy groups -OCH3 is 1. The number of ether oxygens (including phenoxy) is 1. The van der Waals surface area contributed by atoms with Crippen LogP contribution in [0.4, 0.5) is 5.69 Å². The van der Waals surface area contributed by atoms with E-state index < -0.39 is 0 Å². The van der Waals surface area contributed by atoms with E-state index in [1.807, 2.05) is 54.6 Å². The number of hydrogen-bond donors (Lipinski definition) is 1. The predicted octanol–water partition coefficient (Wildman–Crippen LogP) is 4.08. The fourth-order valence-electron chi connectivity index (χ4n) is 2.51. The molecule has 1 heterocycles. The van der Waals surface area contributed by atoms with Gasteiger partial charge in [0.15, 0.2) is 0 Å². The number of nitrogens with zero attached hydrogens (tertiary/aromatic N) is 3. The Morgan fingerprint density at radius 3 is 2.79 bits per heavy atom. The molecule has 0 spiro atoms. The molecule has 0 aliphatic heterocycles. The van der Waals surface area contributed by atoms with Gasteiger partial charge in [-0.25, -0.2) is 9.97 Å². The Morgan fingerprint density at radius 2 is 2.04 bits per heavy atom. The zero-order valence-corrected chi connectivity index (χ0v) is 16.1. The minimum Gasteiger partial charge on any atom is -0.497 e. The average molecular weight is 390 g/mol. The monoisotopic (exact) mass is 390 g/mol. The lowest BCUT2D eigenvalue weighted by atomic mass is 10.1. The summed E-state index contributed by atoms with van der Waals surface area (Å²) in [6.45, 7) is 0. The molecule has 0 unspecified atom stereocenters. The first-order valence-corrected chi connectivity index (χ1v) is 9.37. The molecule has 0 fully saturated rings. The number of anilines is 1. The van der Waals surface area contributed by atoms with Gasteiger partial charge >= 0.3 is 0 Å². The number of nitrogens with one attached hydrogen (secondary N) is 1. The number of carbonyl (C=O) groups excluding carboxylic acids is 1. The van der Waals surface area contributed by atoms with Crippen LogP contribution >= 0.6 is 11.8 Å². The summed E-state index contributed by atoms with van der Waals surface area (Å²) in [6, 6.07) is 19.0. The number of rotatable bonds is 7. The third-order valence-corrected chi connectivity index (χ3v) is 4.72. The van der Waals surface area contributed by atoms with E-state index in [1.54, 1.807) is 31.1 Å². The third-order valence-electron chi connectivity index (χ3n) is 3.77. The maximum absolute atomic E-state index is 11.6. The molecule has 3 aromatic rings. The van der Waals surface area contributed by atoms with Crippen LogP contribution in [0.5, 0.6) is 5.75 Å². The number of benzene rings is 2. The largest absolute Gasteiger partial charge is 0.497 e. The van der Waals surface area contributed by atoms with Gasteiger partial charge in [-0.15, -0.1) is 0 Å². The second-order valence-corrected chi connectivity index (χ2v) is 6.94. The maximum Gasteiger partial charge on any atom is 0.238 e. The smallest absolute Gasteiger partial charge is 0.238 e. The van der Waals surface area contributed by atoms with Crippen molar-refractivity contribution in [2.75, 3.05) is 12.4 Å². The van der Waals surface area contributed by atoms with Crippen LogP contribution in [0.3, 0.4) is 0 Å². The molecule has 3 rings (SSSR count). The molecule has 1 amide bonds. The van der Waals surface area contributed by atoms with Gasteiger partial charge in [-0.3, -0.25) is 4.79 Å². The van der Waals surface area contributed by atoms with Crippen molar-refractivity contribution >= 4 is 23.4 Å². The summed E-state index contributed by atoms with van der Waals surface area (Å²) >= 11 is 1.55. The predicted molar refractivity (Wildman–Crippen MR) is 107 cm³/mol. The van der Waals surface area contributed by atoms with Gasteiger partial charge < -0.3 is 10.1 Å². The highest BCUT2D eigenvalue weighted by Crippen LogP contribution is 2.27. The van der Waals surface area contributed by atoms with E-state index in [2.05, 4.69) is 15.3 Å². The number of carbonyl (C=O) groups is 1. The van der Waals surface area contributed by atoms with Crippen LogP contribution in [0.15, 0.2) is 70.7 Å². The summed E-state index contributed by atoms with van der Waals surface area (Å²) in [5.74, 6) is 1.18. The Bertz CT molecular complexity index is 1000. The molecule has 6 nitrogen and oxygen atoms in total. The topological polar surface area (TPSA) is 87.9 Å². The Morgan fingerprint density at radius 1 is 1.21 bits per heavy atom. The molecule has 0 aliphatic rings. The Kier molecular flexibility index (Phi) is 6.60. The lowest BCUT2D eigenvalue weighted by Crippen LogP contribution is -2.10. The SMILES string of the molecule is COc1ccc(Sc2ccnc(Cc3cccc(NC(=O)CC#N)c3)n2)cc1. The molecular weight excluding hydrogens is 372 g/mol. The van der Waals surface area contributed by atoms with Crippen molar-refractivity contribution < 1.29 is 9.53 Å². The van der Waals surface area contributed by atoms with Crippen molar-refractivity contribution in [3.8, 4) is 11.8 Å². The molecule has 2 aromatic carbocycles. The van der Waals surface area contributed by atoms with Gasteiger partial charge in [0.1, 0.15) is 23.0 Å².